The van der Waals surface area contributed by atoms with Crippen LogP contribution in [0.4, 0.5) is 4.39 Å². The molecular formula is C8H15FN2O2. The summed E-state index contributed by atoms with van der Waals surface area (Å²) >= 11 is 0. The number of halogens is 1. The maximum absolute atomic E-state index is 11.8. The lowest BCUT2D eigenvalue weighted by atomic mass is 10.1. The Morgan fingerprint density at radius 3 is 3.15 bits per heavy atom. The van der Waals surface area contributed by atoms with Crippen molar-refractivity contribution >= 4 is 5.91 Å². The van der Waals surface area contributed by atoms with Crippen LogP contribution in [0.25, 0.3) is 0 Å². The van der Waals surface area contributed by atoms with Gasteiger partial charge in [-0.2, -0.15) is 0 Å². The third-order valence-corrected chi connectivity index (χ3v) is 1.99. The van der Waals surface area contributed by atoms with Gasteiger partial charge < -0.3 is 15.4 Å². The SMILES string of the molecule is CC1OCCNC1C(=O)NCCF. The van der Waals surface area contributed by atoms with Crippen LogP contribution in [0.3, 0.4) is 0 Å². The monoisotopic (exact) mass is 190 g/mol. The summed E-state index contributed by atoms with van der Waals surface area (Å²) in [5, 5.41) is 5.49. The van der Waals surface area contributed by atoms with Gasteiger partial charge in [0.05, 0.1) is 12.7 Å². The number of amides is 1. The molecule has 1 rings (SSSR count). The molecule has 1 aliphatic heterocycles. The minimum Gasteiger partial charge on any atom is -0.375 e. The van der Waals surface area contributed by atoms with E-state index >= 15 is 0 Å². The lowest BCUT2D eigenvalue weighted by molar-refractivity contribution is -0.128. The van der Waals surface area contributed by atoms with E-state index in [1.807, 2.05) is 6.92 Å². The highest BCUT2D eigenvalue weighted by atomic mass is 19.1. The number of nitrogens with one attached hydrogen (secondary N) is 2. The molecule has 1 heterocycles. The van der Waals surface area contributed by atoms with Crippen LogP contribution >= 0.6 is 0 Å². The number of rotatable bonds is 3. The molecule has 0 saturated carbocycles. The minimum absolute atomic E-state index is 0.0731. The molecule has 0 bridgehead atoms. The third-order valence-electron chi connectivity index (χ3n) is 1.99. The van der Waals surface area contributed by atoms with Crippen molar-refractivity contribution in [2.75, 3.05) is 26.4 Å². The number of ether oxygens (including phenoxy) is 1. The predicted molar refractivity (Wildman–Crippen MR) is 46.2 cm³/mol. The quantitative estimate of drug-likeness (QED) is 0.627. The van der Waals surface area contributed by atoms with Crippen molar-refractivity contribution < 1.29 is 13.9 Å². The van der Waals surface area contributed by atoms with Crippen LogP contribution in [0, 0.1) is 0 Å². The first kappa shape index (κ1) is 10.4. The molecule has 0 aliphatic carbocycles. The van der Waals surface area contributed by atoms with Gasteiger partial charge in [0.15, 0.2) is 0 Å². The van der Waals surface area contributed by atoms with Crippen molar-refractivity contribution in [1.82, 2.24) is 10.6 Å². The molecule has 2 atom stereocenters. The van der Waals surface area contributed by atoms with E-state index < -0.39 is 6.67 Å². The van der Waals surface area contributed by atoms with E-state index in [1.165, 1.54) is 0 Å². The van der Waals surface area contributed by atoms with Gasteiger partial charge in [-0.3, -0.25) is 4.79 Å². The molecule has 1 saturated heterocycles. The van der Waals surface area contributed by atoms with Crippen LogP contribution in [0.5, 0.6) is 0 Å². The summed E-state index contributed by atoms with van der Waals surface area (Å²) in [6, 6.07) is -0.347. The summed E-state index contributed by atoms with van der Waals surface area (Å²) in [5.74, 6) is -0.190. The molecule has 0 aromatic heterocycles. The van der Waals surface area contributed by atoms with Gasteiger partial charge in [0, 0.05) is 13.1 Å². The van der Waals surface area contributed by atoms with Gasteiger partial charge in [0.2, 0.25) is 5.91 Å². The highest BCUT2D eigenvalue weighted by molar-refractivity contribution is 5.82. The van der Waals surface area contributed by atoms with Crippen LogP contribution in [-0.4, -0.2) is 44.4 Å². The maximum atomic E-state index is 11.8. The molecule has 76 valence electrons. The fraction of sp³-hybridized carbons (Fsp3) is 0.875. The standard InChI is InChI=1S/C8H15FN2O2/c1-6-7(10-4-5-13-6)8(12)11-3-2-9/h6-7,10H,2-5H2,1H3,(H,11,12). The highest BCUT2D eigenvalue weighted by Crippen LogP contribution is 2.03. The van der Waals surface area contributed by atoms with E-state index in [9.17, 15) is 9.18 Å². The molecule has 0 spiro atoms. The number of morpholine rings is 1. The van der Waals surface area contributed by atoms with Crippen LogP contribution in [0.1, 0.15) is 6.92 Å². The molecule has 0 aromatic rings. The van der Waals surface area contributed by atoms with Gasteiger partial charge in [0.25, 0.3) is 0 Å². The molecule has 13 heavy (non-hydrogen) atoms. The molecule has 0 aromatic carbocycles. The summed E-state index contributed by atoms with van der Waals surface area (Å²) in [7, 11) is 0. The van der Waals surface area contributed by atoms with Crippen LogP contribution < -0.4 is 10.6 Å². The molecule has 1 fully saturated rings. The lowest BCUT2D eigenvalue weighted by Gasteiger charge is -2.29. The van der Waals surface area contributed by atoms with Crippen molar-refractivity contribution in [3.05, 3.63) is 0 Å². The van der Waals surface area contributed by atoms with Crippen molar-refractivity contribution in [2.45, 2.75) is 19.1 Å². The van der Waals surface area contributed by atoms with Gasteiger partial charge >= 0.3 is 0 Å². The Hall–Kier alpha value is -0.680. The highest BCUT2D eigenvalue weighted by Gasteiger charge is 2.27. The second kappa shape index (κ2) is 5.14. The summed E-state index contributed by atoms with van der Waals surface area (Å²) in [5.41, 5.74) is 0. The van der Waals surface area contributed by atoms with E-state index in [4.69, 9.17) is 4.74 Å². The van der Waals surface area contributed by atoms with Gasteiger partial charge in [0.1, 0.15) is 12.7 Å². The number of hydrogen-bond donors (Lipinski definition) is 2. The Labute approximate surface area is 76.8 Å². The van der Waals surface area contributed by atoms with E-state index in [0.29, 0.717) is 13.2 Å². The molecule has 0 radical (unpaired) electrons. The van der Waals surface area contributed by atoms with Crippen LogP contribution in [0.15, 0.2) is 0 Å². The first-order valence-electron chi connectivity index (χ1n) is 4.44. The zero-order valence-corrected chi connectivity index (χ0v) is 7.68. The lowest BCUT2D eigenvalue weighted by Crippen LogP contribution is -2.55. The average molecular weight is 190 g/mol. The average Bonchev–Trinajstić information content (AvgIpc) is 2.15. The Kier molecular flexibility index (Phi) is 4.11. The number of alkyl halides is 1. The smallest absolute Gasteiger partial charge is 0.239 e. The van der Waals surface area contributed by atoms with Crippen LogP contribution in [-0.2, 0) is 9.53 Å². The van der Waals surface area contributed by atoms with Crippen molar-refractivity contribution in [1.29, 1.82) is 0 Å². The number of carbonyl (C=O) groups is 1. The first-order chi connectivity index (χ1) is 6.25. The van der Waals surface area contributed by atoms with Gasteiger partial charge in [-0.05, 0) is 6.92 Å². The van der Waals surface area contributed by atoms with Crippen molar-refractivity contribution in [2.24, 2.45) is 0 Å². The van der Waals surface area contributed by atoms with Crippen molar-refractivity contribution in [3.63, 3.8) is 0 Å². The molecule has 2 N–H and O–H groups in total. The predicted octanol–water partition coefficient (Wildman–Crippen LogP) is -0.551. The third kappa shape index (κ3) is 2.93. The van der Waals surface area contributed by atoms with E-state index in [1.54, 1.807) is 0 Å². The molecule has 1 aliphatic rings. The van der Waals surface area contributed by atoms with E-state index in [-0.39, 0.29) is 24.6 Å². The largest absolute Gasteiger partial charge is 0.375 e. The summed E-state index contributed by atoms with van der Waals surface area (Å²) in [6.45, 7) is 2.65. The van der Waals surface area contributed by atoms with Gasteiger partial charge in [-0.15, -0.1) is 0 Å². The topological polar surface area (TPSA) is 50.4 Å². The van der Waals surface area contributed by atoms with E-state index in [2.05, 4.69) is 10.6 Å². The zero-order chi connectivity index (χ0) is 9.68. The number of hydrogen-bond acceptors (Lipinski definition) is 3. The Balaban J connectivity index is 2.35. The minimum atomic E-state index is -0.534. The van der Waals surface area contributed by atoms with Crippen LogP contribution in [0.2, 0.25) is 0 Å². The zero-order valence-electron chi connectivity index (χ0n) is 7.68. The van der Waals surface area contributed by atoms with Gasteiger partial charge in [-0.1, -0.05) is 0 Å². The summed E-state index contributed by atoms with van der Waals surface area (Å²) in [6.07, 6.45) is -0.145. The fourth-order valence-electron chi connectivity index (χ4n) is 1.31. The Bertz CT molecular complexity index is 178. The maximum Gasteiger partial charge on any atom is 0.239 e. The molecular weight excluding hydrogens is 175 g/mol. The molecule has 1 amide bonds. The van der Waals surface area contributed by atoms with Crippen molar-refractivity contribution in [3.8, 4) is 0 Å². The first-order valence-corrected chi connectivity index (χ1v) is 4.44. The molecule has 5 heteroatoms. The summed E-state index contributed by atoms with van der Waals surface area (Å²) in [4.78, 5) is 11.3. The van der Waals surface area contributed by atoms with E-state index in [0.717, 1.165) is 0 Å². The molecule has 2 unspecified atom stereocenters. The number of carbonyl (C=O) groups excluding carboxylic acids is 1. The second-order valence-electron chi connectivity index (χ2n) is 2.99. The summed E-state index contributed by atoms with van der Waals surface area (Å²) < 4.78 is 17.0. The Morgan fingerprint density at radius 1 is 1.77 bits per heavy atom. The normalized spacial score (nSPS) is 28.5. The fourth-order valence-corrected chi connectivity index (χ4v) is 1.31. The Morgan fingerprint density at radius 2 is 2.54 bits per heavy atom. The second-order valence-corrected chi connectivity index (χ2v) is 2.99. The van der Waals surface area contributed by atoms with Gasteiger partial charge in [-0.25, -0.2) is 4.39 Å². The molecule has 4 nitrogen and oxygen atoms in total.